The topological polar surface area (TPSA) is 34.1 Å². The molecule has 0 N–H and O–H groups in total. The van der Waals surface area contributed by atoms with Crippen molar-refractivity contribution < 1.29 is 9.59 Å². The molecule has 0 aromatic heterocycles. The Morgan fingerprint density at radius 1 is 1.14 bits per heavy atom. The van der Waals surface area contributed by atoms with Crippen LogP contribution in [0.2, 0.25) is 0 Å². The van der Waals surface area contributed by atoms with Crippen LogP contribution in [-0.2, 0) is 9.59 Å². The van der Waals surface area contributed by atoms with Crippen molar-refractivity contribution in [1.29, 1.82) is 0 Å². The van der Waals surface area contributed by atoms with E-state index >= 15 is 0 Å². The Morgan fingerprint density at radius 2 is 1.71 bits per heavy atom. The summed E-state index contributed by atoms with van der Waals surface area (Å²) in [5.41, 5.74) is 0. The van der Waals surface area contributed by atoms with E-state index in [2.05, 4.69) is 0 Å². The summed E-state index contributed by atoms with van der Waals surface area (Å²) in [4.78, 5) is 22.4. The largest absolute Gasteiger partial charge is 0.300 e. The predicted octanol–water partition coefficient (Wildman–Crippen LogP) is 3.00. The molecule has 82 valence electrons. The molecule has 2 nitrogen and oxygen atoms in total. The lowest BCUT2D eigenvalue weighted by molar-refractivity contribution is -0.123. The molecule has 14 heavy (non-hydrogen) atoms. The van der Waals surface area contributed by atoms with Crippen LogP contribution in [-0.4, -0.2) is 11.6 Å². The lowest BCUT2D eigenvalue weighted by Gasteiger charge is -2.10. The third-order valence-corrected chi connectivity index (χ3v) is 2.50. The zero-order valence-electron chi connectivity index (χ0n) is 9.80. The second-order valence-corrected chi connectivity index (χ2v) is 4.36. The van der Waals surface area contributed by atoms with Crippen molar-refractivity contribution in [1.82, 2.24) is 0 Å². The fourth-order valence-electron chi connectivity index (χ4n) is 1.31. The van der Waals surface area contributed by atoms with Crippen molar-refractivity contribution >= 4 is 11.6 Å². The summed E-state index contributed by atoms with van der Waals surface area (Å²) in [6, 6.07) is 0. The van der Waals surface area contributed by atoms with E-state index in [4.69, 9.17) is 0 Å². The molecule has 0 bridgehead atoms. The molecule has 0 amide bonds. The van der Waals surface area contributed by atoms with Gasteiger partial charge >= 0.3 is 0 Å². The third-order valence-electron chi connectivity index (χ3n) is 2.50. The van der Waals surface area contributed by atoms with Crippen LogP contribution in [0.25, 0.3) is 0 Å². The van der Waals surface area contributed by atoms with Crippen molar-refractivity contribution in [3.8, 4) is 0 Å². The number of ketones is 2. The van der Waals surface area contributed by atoms with E-state index < -0.39 is 0 Å². The van der Waals surface area contributed by atoms with Crippen LogP contribution < -0.4 is 0 Å². The van der Waals surface area contributed by atoms with E-state index in [-0.39, 0.29) is 5.92 Å². The van der Waals surface area contributed by atoms with E-state index in [9.17, 15) is 9.59 Å². The summed E-state index contributed by atoms with van der Waals surface area (Å²) in [6.07, 6.45) is 2.71. The monoisotopic (exact) mass is 198 g/mol. The first kappa shape index (κ1) is 13.3. The molecule has 0 aliphatic rings. The molecule has 0 saturated carbocycles. The second kappa shape index (κ2) is 6.74. The normalized spacial score (nSPS) is 12.9. The summed E-state index contributed by atoms with van der Waals surface area (Å²) >= 11 is 0. The molecular weight excluding hydrogens is 176 g/mol. The Hall–Kier alpha value is -0.660. The maximum atomic E-state index is 11.3. The van der Waals surface area contributed by atoms with Gasteiger partial charge in [-0.25, -0.2) is 0 Å². The molecule has 1 atom stereocenters. The Labute approximate surface area is 87.1 Å². The third kappa shape index (κ3) is 5.90. The van der Waals surface area contributed by atoms with E-state index in [0.29, 0.717) is 36.7 Å². The molecule has 0 aliphatic heterocycles. The Bertz CT molecular complexity index is 194. The van der Waals surface area contributed by atoms with Gasteiger partial charge in [0.05, 0.1) is 0 Å². The van der Waals surface area contributed by atoms with Gasteiger partial charge in [-0.1, -0.05) is 27.7 Å². The Morgan fingerprint density at radius 3 is 2.14 bits per heavy atom. The van der Waals surface area contributed by atoms with Crippen LogP contribution in [0.5, 0.6) is 0 Å². The maximum Gasteiger partial charge on any atom is 0.135 e. The van der Waals surface area contributed by atoms with Gasteiger partial charge in [-0.15, -0.1) is 0 Å². The smallest absolute Gasteiger partial charge is 0.135 e. The van der Waals surface area contributed by atoms with Gasteiger partial charge in [0.25, 0.3) is 0 Å². The highest BCUT2D eigenvalue weighted by atomic mass is 16.1. The minimum Gasteiger partial charge on any atom is -0.300 e. The Kier molecular flexibility index (Phi) is 6.43. The molecule has 0 heterocycles. The standard InChI is InChI=1S/C12H22O2/c1-5-11(13)8-10(4)6-7-12(14)9(2)3/h9-10H,5-8H2,1-4H3/t10-/m1/s1. The van der Waals surface area contributed by atoms with Crippen LogP contribution in [0.15, 0.2) is 0 Å². The first-order chi connectivity index (χ1) is 6.47. The highest BCUT2D eigenvalue weighted by Crippen LogP contribution is 2.13. The van der Waals surface area contributed by atoms with Crippen LogP contribution in [0.4, 0.5) is 0 Å². The van der Waals surface area contributed by atoms with Crippen molar-refractivity contribution in [2.45, 2.75) is 53.4 Å². The summed E-state index contributed by atoms with van der Waals surface area (Å²) < 4.78 is 0. The van der Waals surface area contributed by atoms with Gasteiger partial charge in [0.1, 0.15) is 11.6 Å². The van der Waals surface area contributed by atoms with Gasteiger partial charge < -0.3 is 0 Å². The molecule has 0 radical (unpaired) electrons. The maximum absolute atomic E-state index is 11.3. The second-order valence-electron chi connectivity index (χ2n) is 4.36. The number of carbonyl (C=O) groups excluding carboxylic acids is 2. The fraction of sp³-hybridized carbons (Fsp3) is 0.833. The number of rotatable bonds is 7. The number of hydrogen-bond donors (Lipinski definition) is 0. The van der Waals surface area contributed by atoms with E-state index in [0.717, 1.165) is 6.42 Å². The Balaban J connectivity index is 3.68. The molecule has 0 aliphatic carbocycles. The van der Waals surface area contributed by atoms with E-state index in [1.807, 2.05) is 27.7 Å². The van der Waals surface area contributed by atoms with Crippen LogP contribution >= 0.6 is 0 Å². The first-order valence-corrected chi connectivity index (χ1v) is 5.51. The summed E-state index contributed by atoms with van der Waals surface area (Å²) in [7, 11) is 0. The van der Waals surface area contributed by atoms with Gasteiger partial charge in [-0.05, 0) is 12.3 Å². The molecule has 0 saturated heterocycles. The van der Waals surface area contributed by atoms with Crippen molar-refractivity contribution in [3.05, 3.63) is 0 Å². The van der Waals surface area contributed by atoms with Gasteiger partial charge in [-0.2, -0.15) is 0 Å². The van der Waals surface area contributed by atoms with Gasteiger partial charge in [0.2, 0.25) is 0 Å². The fourth-order valence-corrected chi connectivity index (χ4v) is 1.31. The average Bonchev–Trinajstić information content (AvgIpc) is 2.13. The van der Waals surface area contributed by atoms with Crippen molar-refractivity contribution in [2.24, 2.45) is 11.8 Å². The van der Waals surface area contributed by atoms with Crippen molar-refractivity contribution in [3.63, 3.8) is 0 Å². The van der Waals surface area contributed by atoms with Crippen LogP contribution in [0.3, 0.4) is 0 Å². The molecule has 0 rings (SSSR count). The zero-order valence-corrected chi connectivity index (χ0v) is 9.80. The van der Waals surface area contributed by atoms with Gasteiger partial charge in [-0.3, -0.25) is 9.59 Å². The highest BCUT2D eigenvalue weighted by Gasteiger charge is 2.11. The SMILES string of the molecule is CCC(=O)C[C@H](C)CCC(=O)C(C)C. The summed E-state index contributed by atoms with van der Waals surface area (Å²) in [6.45, 7) is 7.77. The number of hydrogen-bond acceptors (Lipinski definition) is 2. The summed E-state index contributed by atoms with van der Waals surface area (Å²) in [5.74, 6) is 1.09. The van der Waals surface area contributed by atoms with Crippen LogP contribution in [0.1, 0.15) is 53.4 Å². The summed E-state index contributed by atoms with van der Waals surface area (Å²) in [5, 5.41) is 0. The lowest BCUT2D eigenvalue weighted by Crippen LogP contribution is -2.10. The average molecular weight is 198 g/mol. The van der Waals surface area contributed by atoms with E-state index in [1.165, 1.54) is 0 Å². The highest BCUT2D eigenvalue weighted by molar-refractivity contribution is 5.80. The lowest BCUT2D eigenvalue weighted by atomic mass is 9.94. The van der Waals surface area contributed by atoms with E-state index in [1.54, 1.807) is 0 Å². The molecule has 0 fully saturated rings. The van der Waals surface area contributed by atoms with Crippen LogP contribution in [0, 0.1) is 11.8 Å². The minimum atomic E-state index is 0.129. The number of Topliss-reactive ketones (excluding diaryl/α,β-unsaturated/α-hetero) is 2. The predicted molar refractivity (Wildman–Crippen MR) is 58.2 cm³/mol. The molecule has 2 heteroatoms. The van der Waals surface area contributed by atoms with Gasteiger partial charge in [0.15, 0.2) is 0 Å². The molecular formula is C12H22O2. The molecule has 0 spiro atoms. The first-order valence-electron chi connectivity index (χ1n) is 5.51. The van der Waals surface area contributed by atoms with Gasteiger partial charge in [0, 0.05) is 25.2 Å². The molecule has 0 aromatic carbocycles. The molecule has 0 aromatic rings. The minimum absolute atomic E-state index is 0.129. The van der Waals surface area contributed by atoms with Crippen molar-refractivity contribution in [2.75, 3.05) is 0 Å². The zero-order chi connectivity index (χ0) is 11.1. The quantitative estimate of drug-likeness (QED) is 0.630. The molecule has 0 unspecified atom stereocenters. The number of carbonyl (C=O) groups is 2.